The summed E-state index contributed by atoms with van der Waals surface area (Å²) in [5.74, 6) is -0.833. The zero-order chi connectivity index (χ0) is 20.6. The number of rotatable bonds is 19. The average Bonchev–Trinajstić information content (AvgIpc) is 3.49. The van der Waals surface area contributed by atoms with Gasteiger partial charge in [-0.3, -0.25) is 9.59 Å². The molecule has 0 aromatic carbocycles. The molecule has 0 radical (unpaired) electrons. The predicted octanol–water partition coefficient (Wildman–Crippen LogP) is 6.90. The van der Waals surface area contributed by atoms with Gasteiger partial charge in [0.1, 0.15) is 6.10 Å². The molecule has 28 heavy (non-hydrogen) atoms. The number of hydrogen-bond donors (Lipinski definition) is 1. The van der Waals surface area contributed by atoms with Crippen LogP contribution in [0.2, 0.25) is 0 Å². The summed E-state index contributed by atoms with van der Waals surface area (Å²) in [6.45, 7) is 3.90. The first-order valence-corrected chi connectivity index (χ1v) is 12.0. The number of carbonyl (C=O) groups excluding carboxylic acids is 1. The molecule has 0 aromatic heterocycles. The van der Waals surface area contributed by atoms with Crippen molar-refractivity contribution in [3.63, 3.8) is 0 Å². The van der Waals surface area contributed by atoms with Crippen LogP contribution in [0.15, 0.2) is 0 Å². The average molecular weight is 397 g/mol. The minimum atomic E-state index is -0.876. The Kier molecular flexibility index (Phi) is 14.1. The lowest BCUT2D eigenvalue weighted by Crippen LogP contribution is -2.30. The highest BCUT2D eigenvalue weighted by molar-refractivity contribution is 5.72. The van der Waals surface area contributed by atoms with Crippen molar-refractivity contribution in [1.82, 2.24) is 0 Å². The van der Waals surface area contributed by atoms with Gasteiger partial charge in [-0.15, -0.1) is 0 Å². The van der Waals surface area contributed by atoms with Crippen molar-refractivity contribution in [2.24, 2.45) is 11.8 Å². The summed E-state index contributed by atoms with van der Waals surface area (Å²) in [7, 11) is 0. The molecule has 1 aliphatic carbocycles. The molecule has 0 aromatic rings. The second-order valence-corrected chi connectivity index (χ2v) is 8.82. The van der Waals surface area contributed by atoms with Crippen LogP contribution in [0.4, 0.5) is 0 Å². The summed E-state index contributed by atoms with van der Waals surface area (Å²) in [6, 6.07) is 0. The maximum Gasteiger partial charge on any atom is 0.309 e. The molecule has 2 unspecified atom stereocenters. The van der Waals surface area contributed by atoms with Crippen LogP contribution in [0.3, 0.4) is 0 Å². The summed E-state index contributed by atoms with van der Waals surface area (Å²) < 4.78 is 5.56. The second kappa shape index (κ2) is 15.8. The molecule has 0 saturated heterocycles. The molecule has 0 amide bonds. The Morgan fingerprint density at radius 2 is 1.46 bits per heavy atom. The van der Waals surface area contributed by atoms with Gasteiger partial charge < -0.3 is 9.84 Å². The Morgan fingerprint density at radius 1 is 0.893 bits per heavy atom. The quantitative estimate of drug-likeness (QED) is 0.190. The minimum absolute atomic E-state index is 0.221. The summed E-state index contributed by atoms with van der Waals surface area (Å²) in [6.07, 6.45) is 18.9. The second-order valence-electron chi connectivity index (χ2n) is 8.82. The maximum atomic E-state index is 12.1. The topological polar surface area (TPSA) is 63.6 Å². The van der Waals surface area contributed by atoms with E-state index in [1.54, 1.807) is 6.92 Å². The molecule has 0 spiro atoms. The monoisotopic (exact) mass is 396 g/mol. The van der Waals surface area contributed by atoms with Crippen molar-refractivity contribution in [3.8, 4) is 0 Å². The Morgan fingerprint density at radius 3 is 2.00 bits per heavy atom. The summed E-state index contributed by atoms with van der Waals surface area (Å²) >= 11 is 0. The third kappa shape index (κ3) is 13.2. The molecule has 4 heteroatoms. The Bertz CT molecular complexity index is 417. The Labute approximate surface area is 172 Å². The predicted molar refractivity (Wildman–Crippen MR) is 114 cm³/mol. The van der Waals surface area contributed by atoms with E-state index in [-0.39, 0.29) is 5.97 Å². The number of carbonyl (C=O) groups is 2. The fourth-order valence-corrected chi connectivity index (χ4v) is 3.74. The Hall–Kier alpha value is -1.06. The molecule has 0 aliphatic heterocycles. The molecule has 1 fully saturated rings. The SMILES string of the molecule is CCCCCCCCCCCCC(OC(=O)CCCCC1CC1)C(C)C(=O)O. The maximum absolute atomic E-state index is 12.1. The van der Waals surface area contributed by atoms with Gasteiger partial charge in [0.15, 0.2) is 0 Å². The van der Waals surface area contributed by atoms with Crippen LogP contribution in [-0.4, -0.2) is 23.1 Å². The zero-order valence-corrected chi connectivity index (χ0v) is 18.4. The first-order valence-electron chi connectivity index (χ1n) is 12.0. The van der Waals surface area contributed by atoms with Gasteiger partial charge in [-0.25, -0.2) is 0 Å². The van der Waals surface area contributed by atoms with Crippen LogP contribution in [0.25, 0.3) is 0 Å². The molecular weight excluding hydrogens is 352 g/mol. The van der Waals surface area contributed by atoms with E-state index in [1.807, 2.05) is 0 Å². The molecule has 1 rings (SSSR count). The molecule has 4 nitrogen and oxygen atoms in total. The number of carboxylic acid groups (broad SMARTS) is 1. The Balaban J connectivity index is 2.12. The van der Waals surface area contributed by atoms with Crippen molar-refractivity contribution < 1.29 is 19.4 Å². The lowest BCUT2D eigenvalue weighted by Gasteiger charge is -2.21. The number of aliphatic carboxylic acids is 1. The van der Waals surface area contributed by atoms with E-state index in [2.05, 4.69) is 6.92 Å². The van der Waals surface area contributed by atoms with Gasteiger partial charge in [0.25, 0.3) is 0 Å². The van der Waals surface area contributed by atoms with Gasteiger partial charge in [-0.2, -0.15) is 0 Å². The number of ether oxygens (including phenoxy) is 1. The summed E-state index contributed by atoms with van der Waals surface area (Å²) in [5.41, 5.74) is 0. The van der Waals surface area contributed by atoms with Crippen LogP contribution in [0.5, 0.6) is 0 Å². The summed E-state index contributed by atoms with van der Waals surface area (Å²) in [5, 5.41) is 9.32. The highest BCUT2D eigenvalue weighted by atomic mass is 16.5. The van der Waals surface area contributed by atoms with E-state index >= 15 is 0 Å². The number of esters is 1. The van der Waals surface area contributed by atoms with Crippen LogP contribution >= 0.6 is 0 Å². The molecule has 164 valence electrons. The third-order valence-corrected chi connectivity index (χ3v) is 6.01. The van der Waals surface area contributed by atoms with Gasteiger partial charge >= 0.3 is 11.9 Å². The van der Waals surface area contributed by atoms with Crippen LogP contribution in [-0.2, 0) is 14.3 Å². The van der Waals surface area contributed by atoms with Crippen LogP contribution < -0.4 is 0 Å². The lowest BCUT2D eigenvalue weighted by atomic mass is 9.98. The molecule has 1 saturated carbocycles. The smallest absolute Gasteiger partial charge is 0.309 e. The highest BCUT2D eigenvalue weighted by Gasteiger charge is 2.27. The number of hydrogen-bond acceptors (Lipinski definition) is 3. The van der Waals surface area contributed by atoms with Crippen molar-refractivity contribution in [2.75, 3.05) is 0 Å². The minimum Gasteiger partial charge on any atom is -0.481 e. The standard InChI is InChI=1S/C24H44O4/c1-3-4-5-6-7-8-9-10-11-12-16-22(20(2)24(26)27)28-23(25)17-14-13-15-21-18-19-21/h20-22H,3-19H2,1-2H3,(H,26,27). The highest BCUT2D eigenvalue weighted by Crippen LogP contribution is 2.34. The number of unbranched alkanes of at least 4 members (excludes halogenated alkanes) is 10. The van der Waals surface area contributed by atoms with Crippen molar-refractivity contribution in [1.29, 1.82) is 0 Å². The third-order valence-electron chi connectivity index (χ3n) is 6.01. The van der Waals surface area contributed by atoms with Gasteiger partial charge in [-0.05, 0) is 32.1 Å². The van der Waals surface area contributed by atoms with E-state index in [4.69, 9.17) is 4.74 Å². The lowest BCUT2D eigenvalue weighted by molar-refractivity contribution is -0.158. The van der Waals surface area contributed by atoms with Crippen molar-refractivity contribution in [3.05, 3.63) is 0 Å². The molecular formula is C24H44O4. The van der Waals surface area contributed by atoms with Gasteiger partial charge in [0.05, 0.1) is 5.92 Å². The summed E-state index contributed by atoms with van der Waals surface area (Å²) in [4.78, 5) is 23.5. The first-order chi connectivity index (χ1) is 13.5. The fourth-order valence-electron chi connectivity index (χ4n) is 3.74. The van der Waals surface area contributed by atoms with E-state index in [9.17, 15) is 14.7 Å². The molecule has 0 heterocycles. The van der Waals surface area contributed by atoms with Crippen LogP contribution in [0, 0.1) is 11.8 Å². The van der Waals surface area contributed by atoms with Crippen LogP contribution in [0.1, 0.15) is 123 Å². The zero-order valence-electron chi connectivity index (χ0n) is 18.4. The fraction of sp³-hybridized carbons (Fsp3) is 0.917. The normalized spacial score (nSPS) is 15.9. The molecule has 1 aliphatic rings. The van der Waals surface area contributed by atoms with Gasteiger partial charge in [0.2, 0.25) is 0 Å². The van der Waals surface area contributed by atoms with E-state index in [0.29, 0.717) is 12.8 Å². The first kappa shape index (κ1) is 25.0. The molecule has 1 N–H and O–H groups in total. The van der Waals surface area contributed by atoms with E-state index in [1.165, 1.54) is 70.6 Å². The number of carboxylic acids is 1. The van der Waals surface area contributed by atoms with Gasteiger partial charge in [0, 0.05) is 6.42 Å². The van der Waals surface area contributed by atoms with Crippen molar-refractivity contribution >= 4 is 11.9 Å². The van der Waals surface area contributed by atoms with Gasteiger partial charge in [-0.1, -0.05) is 90.4 Å². The molecule has 2 atom stereocenters. The van der Waals surface area contributed by atoms with E-state index < -0.39 is 18.0 Å². The van der Waals surface area contributed by atoms with E-state index in [0.717, 1.165) is 31.6 Å². The largest absolute Gasteiger partial charge is 0.481 e. The molecule has 0 bridgehead atoms. The van der Waals surface area contributed by atoms with Crippen molar-refractivity contribution in [2.45, 2.75) is 129 Å².